The molecule has 3 nitrogen and oxygen atoms in total. The molecule has 0 unspecified atom stereocenters. The van der Waals surface area contributed by atoms with Crippen LogP contribution in [0.3, 0.4) is 0 Å². The Hall–Kier alpha value is -0.480. The van der Waals surface area contributed by atoms with Gasteiger partial charge in [0.2, 0.25) is 0 Å². The van der Waals surface area contributed by atoms with Gasteiger partial charge in [-0.25, -0.2) is 0 Å². The number of nitrogens with two attached hydrogens (primary N) is 1. The van der Waals surface area contributed by atoms with Gasteiger partial charge in [-0.05, 0) is 11.3 Å². The average molecular weight is 189 g/mol. The molecule has 1 atom stereocenters. The van der Waals surface area contributed by atoms with E-state index in [2.05, 4.69) is 13.8 Å². The maximum absolute atomic E-state index is 10.3. The molecule has 12 heavy (non-hydrogen) atoms. The van der Waals surface area contributed by atoms with Gasteiger partial charge in [-0.15, -0.1) is 11.8 Å². The molecule has 0 aliphatic rings. The van der Waals surface area contributed by atoms with Gasteiger partial charge in [0.25, 0.3) is 0 Å². The van der Waals surface area contributed by atoms with Crippen molar-refractivity contribution in [2.45, 2.75) is 19.9 Å². The zero-order valence-corrected chi connectivity index (χ0v) is 8.17. The van der Waals surface area contributed by atoms with Crippen LogP contribution in [0, 0.1) is 5.92 Å². The van der Waals surface area contributed by atoms with E-state index in [4.69, 9.17) is 10.8 Å². The van der Waals surface area contributed by atoms with Crippen molar-refractivity contribution >= 4 is 17.7 Å². The van der Waals surface area contributed by atoms with E-state index in [-0.39, 0.29) is 0 Å². The van der Waals surface area contributed by atoms with E-state index in [1.807, 2.05) is 11.5 Å². The van der Waals surface area contributed by atoms with Crippen LogP contribution in [0.2, 0.25) is 0 Å². The molecular weight excluding hydrogens is 174 g/mol. The first-order valence-electron chi connectivity index (χ1n) is 3.80. The topological polar surface area (TPSA) is 63.3 Å². The number of carboxylic acids is 1. The van der Waals surface area contributed by atoms with Crippen molar-refractivity contribution < 1.29 is 9.90 Å². The van der Waals surface area contributed by atoms with Crippen molar-refractivity contribution in [1.82, 2.24) is 0 Å². The highest BCUT2D eigenvalue weighted by Gasteiger charge is 2.09. The zero-order chi connectivity index (χ0) is 9.56. The van der Waals surface area contributed by atoms with Gasteiger partial charge in [0.1, 0.15) is 6.04 Å². The van der Waals surface area contributed by atoms with Crippen molar-refractivity contribution in [3.05, 3.63) is 11.5 Å². The zero-order valence-electron chi connectivity index (χ0n) is 7.36. The molecule has 0 rings (SSSR count). The Balaban J connectivity index is 3.49. The maximum atomic E-state index is 10.3. The normalized spacial score (nSPS) is 14.0. The smallest absolute Gasteiger partial charge is 0.321 e. The van der Waals surface area contributed by atoms with Crippen LogP contribution >= 0.6 is 11.8 Å². The molecule has 4 heteroatoms. The van der Waals surface area contributed by atoms with E-state index in [0.717, 1.165) is 0 Å². The lowest BCUT2D eigenvalue weighted by molar-refractivity contribution is -0.137. The van der Waals surface area contributed by atoms with Crippen LogP contribution in [-0.2, 0) is 4.79 Å². The standard InChI is InChI=1S/C8H15NO2S/c1-6(2)3-4-12-5-7(9)8(10)11/h3-4,6-7H,5,9H2,1-2H3,(H,10,11)/b4-3+/t7-/m0/s1. The molecule has 0 radical (unpaired) electrons. The maximum Gasteiger partial charge on any atom is 0.321 e. The Kier molecular flexibility index (Phi) is 5.84. The number of allylic oxidation sites excluding steroid dienone is 1. The summed E-state index contributed by atoms with van der Waals surface area (Å²) >= 11 is 1.43. The number of aliphatic carboxylic acids is 1. The Morgan fingerprint density at radius 1 is 1.67 bits per heavy atom. The van der Waals surface area contributed by atoms with Crippen molar-refractivity contribution in [1.29, 1.82) is 0 Å². The summed E-state index contributed by atoms with van der Waals surface area (Å²) in [5.41, 5.74) is 5.28. The summed E-state index contributed by atoms with van der Waals surface area (Å²) in [4.78, 5) is 10.3. The second-order valence-electron chi connectivity index (χ2n) is 2.85. The Morgan fingerprint density at radius 3 is 2.67 bits per heavy atom. The molecule has 0 aliphatic heterocycles. The second-order valence-corrected chi connectivity index (χ2v) is 3.79. The number of hydrogen-bond acceptors (Lipinski definition) is 3. The van der Waals surface area contributed by atoms with Crippen molar-refractivity contribution in [3.8, 4) is 0 Å². The molecule has 0 bridgehead atoms. The number of carbonyl (C=O) groups is 1. The van der Waals surface area contributed by atoms with Gasteiger partial charge >= 0.3 is 5.97 Å². The number of carboxylic acid groups (broad SMARTS) is 1. The number of thioether (sulfide) groups is 1. The first-order valence-corrected chi connectivity index (χ1v) is 4.85. The van der Waals surface area contributed by atoms with Crippen LogP contribution in [0.25, 0.3) is 0 Å². The molecule has 0 fully saturated rings. The van der Waals surface area contributed by atoms with Crippen LogP contribution < -0.4 is 5.73 Å². The predicted molar refractivity (Wildman–Crippen MR) is 52.0 cm³/mol. The van der Waals surface area contributed by atoms with Crippen molar-refractivity contribution in [3.63, 3.8) is 0 Å². The molecule has 0 saturated carbocycles. The van der Waals surface area contributed by atoms with Gasteiger partial charge in [-0.1, -0.05) is 19.9 Å². The summed E-state index contributed by atoms with van der Waals surface area (Å²) < 4.78 is 0. The molecule has 0 aromatic rings. The van der Waals surface area contributed by atoms with Crippen LogP contribution in [0.1, 0.15) is 13.8 Å². The largest absolute Gasteiger partial charge is 0.480 e. The van der Waals surface area contributed by atoms with Crippen molar-refractivity contribution in [2.75, 3.05) is 5.75 Å². The molecule has 0 heterocycles. The van der Waals surface area contributed by atoms with Gasteiger partial charge in [0, 0.05) is 5.75 Å². The Labute approximate surface area is 77.0 Å². The molecule has 0 aromatic carbocycles. The average Bonchev–Trinajstić information content (AvgIpc) is 1.97. The highest BCUT2D eigenvalue weighted by Crippen LogP contribution is 2.06. The monoisotopic (exact) mass is 189 g/mol. The highest BCUT2D eigenvalue weighted by molar-refractivity contribution is 8.02. The SMILES string of the molecule is CC(C)/C=C/SC[C@H](N)C(=O)O. The summed E-state index contributed by atoms with van der Waals surface area (Å²) in [7, 11) is 0. The van der Waals surface area contributed by atoms with E-state index in [1.54, 1.807) is 0 Å². The Morgan fingerprint density at radius 2 is 2.25 bits per heavy atom. The molecule has 0 aliphatic carbocycles. The summed E-state index contributed by atoms with van der Waals surface area (Å²) in [5, 5.41) is 10.3. The predicted octanol–water partition coefficient (Wildman–Crippen LogP) is 1.30. The second kappa shape index (κ2) is 6.08. The molecule has 0 saturated heterocycles. The highest BCUT2D eigenvalue weighted by atomic mass is 32.2. The lowest BCUT2D eigenvalue weighted by atomic mass is 10.2. The van der Waals surface area contributed by atoms with Gasteiger partial charge < -0.3 is 10.8 Å². The van der Waals surface area contributed by atoms with Gasteiger partial charge in [0.05, 0.1) is 0 Å². The molecule has 0 spiro atoms. The first-order chi connectivity index (χ1) is 5.54. The third-order valence-corrected chi connectivity index (χ3v) is 2.05. The first kappa shape index (κ1) is 11.5. The lowest BCUT2D eigenvalue weighted by Gasteiger charge is -2.02. The molecule has 0 aromatic heterocycles. The third-order valence-electron chi connectivity index (χ3n) is 1.15. The minimum Gasteiger partial charge on any atom is -0.480 e. The lowest BCUT2D eigenvalue weighted by Crippen LogP contribution is -2.32. The quantitative estimate of drug-likeness (QED) is 0.684. The van der Waals surface area contributed by atoms with Crippen LogP contribution in [0.5, 0.6) is 0 Å². The minimum absolute atomic E-state index is 0.429. The van der Waals surface area contributed by atoms with E-state index in [9.17, 15) is 4.79 Å². The summed E-state index contributed by atoms with van der Waals surface area (Å²) in [5.74, 6) is -0.0163. The van der Waals surface area contributed by atoms with Gasteiger partial charge in [-0.2, -0.15) is 0 Å². The van der Waals surface area contributed by atoms with Gasteiger partial charge in [0.15, 0.2) is 0 Å². The summed E-state index contributed by atoms with van der Waals surface area (Å²) in [6.07, 6.45) is 2.01. The van der Waals surface area contributed by atoms with E-state index in [1.165, 1.54) is 11.8 Å². The Bertz CT molecular complexity index is 168. The van der Waals surface area contributed by atoms with Crippen LogP contribution in [0.15, 0.2) is 11.5 Å². The van der Waals surface area contributed by atoms with Crippen LogP contribution in [0.4, 0.5) is 0 Å². The van der Waals surface area contributed by atoms with Crippen LogP contribution in [-0.4, -0.2) is 22.9 Å². The summed E-state index contributed by atoms with van der Waals surface area (Å²) in [6, 6.07) is -0.758. The van der Waals surface area contributed by atoms with Crippen molar-refractivity contribution in [2.24, 2.45) is 11.7 Å². The third kappa shape index (κ3) is 6.24. The minimum atomic E-state index is -0.944. The fraction of sp³-hybridized carbons (Fsp3) is 0.625. The molecular formula is C8H15NO2S. The fourth-order valence-corrected chi connectivity index (χ4v) is 1.33. The van der Waals surface area contributed by atoms with Gasteiger partial charge in [-0.3, -0.25) is 4.79 Å². The van der Waals surface area contributed by atoms with E-state index in [0.29, 0.717) is 11.7 Å². The number of rotatable bonds is 5. The van der Waals surface area contributed by atoms with E-state index < -0.39 is 12.0 Å². The van der Waals surface area contributed by atoms with E-state index >= 15 is 0 Å². The number of hydrogen-bond donors (Lipinski definition) is 2. The molecule has 3 N–H and O–H groups in total. The molecule has 70 valence electrons. The molecule has 0 amide bonds. The fourth-order valence-electron chi connectivity index (χ4n) is 0.443. The summed E-state index contributed by atoms with van der Waals surface area (Å²) in [6.45, 7) is 4.13.